The van der Waals surface area contributed by atoms with Gasteiger partial charge in [-0.1, -0.05) is 17.3 Å². The second-order valence-corrected chi connectivity index (χ2v) is 4.90. The standard InChI is InChI=1S/C16H17N3O6/c1-3-23-15(21)10-6-4-5-7-11(10)18-12(20)8-24-16(22)13-9(2)19-25-14(13)17/h4-7H,3,8,17H2,1-2H3,(H,18,20). The van der Waals surface area contributed by atoms with Crippen LogP contribution < -0.4 is 11.1 Å². The largest absolute Gasteiger partial charge is 0.462 e. The lowest BCUT2D eigenvalue weighted by atomic mass is 10.2. The molecular weight excluding hydrogens is 330 g/mol. The molecule has 0 atom stereocenters. The van der Waals surface area contributed by atoms with Gasteiger partial charge >= 0.3 is 11.9 Å². The van der Waals surface area contributed by atoms with Crippen LogP contribution in [0.4, 0.5) is 11.6 Å². The number of anilines is 2. The van der Waals surface area contributed by atoms with Crippen molar-refractivity contribution in [2.75, 3.05) is 24.3 Å². The Bertz CT molecular complexity index is 779. The van der Waals surface area contributed by atoms with Crippen LogP contribution in [-0.4, -0.2) is 36.2 Å². The van der Waals surface area contributed by atoms with Crippen LogP contribution in [0.15, 0.2) is 28.8 Å². The Morgan fingerprint density at radius 2 is 1.92 bits per heavy atom. The van der Waals surface area contributed by atoms with E-state index in [0.29, 0.717) is 0 Å². The van der Waals surface area contributed by atoms with Gasteiger partial charge in [0.25, 0.3) is 5.91 Å². The molecule has 1 amide bonds. The molecule has 1 heterocycles. The number of hydrogen-bond donors (Lipinski definition) is 2. The van der Waals surface area contributed by atoms with Crippen molar-refractivity contribution < 1.29 is 28.4 Å². The molecule has 2 aromatic rings. The number of hydrogen-bond acceptors (Lipinski definition) is 8. The van der Waals surface area contributed by atoms with Crippen LogP contribution in [0.3, 0.4) is 0 Å². The summed E-state index contributed by atoms with van der Waals surface area (Å²) in [6, 6.07) is 6.33. The highest BCUT2D eigenvalue weighted by Gasteiger charge is 2.21. The highest BCUT2D eigenvalue weighted by atomic mass is 16.5. The molecule has 0 aliphatic carbocycles. The van der Waals surface area contributed by atoms with Crippen molar-refractivity contribution in [2.45, 2.75) is 13.8 Å². The number of ether oxygens (including phenoxy) is 2. The molecule has 1 aromatic heterocycles. The number of carbonyl (C=O) groups is 3. The monoisotopic (exact) mass is 347 g/mol. The first-order valence-electron chi connectivity index (χ1n) is 7.38. The summed E-state index contributed by atoms with van der Waals surface area (Å²) in [5, 5.41) is 6.02. The third-order valence-electron chi connectivity index (χ3n) is 3.12. The third kappa shape index (κ3) is 4.34. The van der Waals surface area contributed by atoms with E-state index in [4.69, 9.17) is 15.2 Å². The minimum Gasteiger partial charge on any atom is -0.462 e. The number of nitrogens with zero attached hydrogens (tertiary/aromatic N) is 1. The van der Waals surface area contributed by atoms with Gasteiger partial charge in [-0.05, 0) is 26.0 Å². The number of para-hydroxylation sites is 1. The number of benzene rings is 1. The fraction of sp³-hybridized carbons (Fsp3) is 0.250. The van der Waals surface area contributed by atoms with Gasteiger partial charge in [0.2, 0.25) is 5.88 Å². The van der Waals surface area contributed by atoms with Gasteiger partial charge in [0.1, 0.15) is 5.56 Å². The zero-order valence-electron chi connectivity index (χ0n) is 13.7. The summed E-state index contributed by atoms with van der Waals surface area (Å²) in [6.45, 7) is 2.83. The van der Waals surface area contributed by atoms with Gasteiger partial charge in [0.05, 0.1) is 23.6 Å². The Hall–Kier alpha value is -3.36. The molecule has 0 radical (unpaired) electrons. The van der Waals surface area contributed by atoms with Crippen LogP contribution in [0.1, 0.15) is 33.3 Å². The predicted octanol–water partition coefficient (Wildman–Crippen LogP) is 1.54. The molecule has 0 aliphatic heterocycles. The lowest BCUT2D eigenvalue weighted by Gasteiger charge is -2.10. The maximum absolute atomic E-state index is 12.0. The SMILES string of the molecule is CCOC(=O)c1ccccc1NC(=O)COC(=O)c1c(C)noc1N. The molecule has 9 nitrogen and oxygen atoms in total. The molecule has 3 N–H and O–H groups in total. The minimum atomic E-state index is -0.829. The van der Waals surface area contributed by atoms with Crippen LogP contribution in [0.5, 0.6) is 0 Å². The average molecular weight is 347 g/mol. The predicted molar refractivity (Wildman–Crippen MR) is 87.0 cm³/mol. The Morgan fingerprint density at radius 1 is 1.20 bits per heavy atom. The second kappa shape index (κ2) is 7.95. The zero-order chi connectivity index (χ0) is 18.4. The van der Waals surface area contributed by atoms with Crippen LogP contribution in [0.25, 0.3) is 0 Å². The lowest BCUT2D eigenvalue weighted by Crippen LogP contribution is -2.22. The number of carbonyl (C=O) groups excluding carboxylic acids is 3. The Balaban J connectivity index is 1.99. The molecular formula is C16H17N3O6. The van der Waals surface area contributed by atoms with Gasteiger partial charge in [0, 0.05) is 0 Å². The lowest BCUT2D eigenvalue weighted by molar-refractivity contribution is -0.119. The van der Waals surface area contributed by atoms with E-state index in [1.165, 1.54) is 19.1 Å². The molecule has 0 unspecified atom stereocenters. The second-order valence-electron chi connectivity index (χ2n) is 4.90. The third-order valence-corrected chi connectivity index (χ3v) is 3.12. The number of esters is 2. The smallest absolute Gasteiger partial charge is 0.346 e. The summed E-state index contributed by atoms with van der Waals surface area (Å²) >= 11 is 0. The first-order chi connectivity index (χ1) is 11.9. The Morgan fingerprint density at radius 3 is 2.56 bits per heavy atom. The highest BCUT2D eigenvalue weighted by Crippen LogP contribution is 2.18. The molecule has 0 bridgehead atoms. The number of rotatable bonds is 6. The highest BCUT2D eigenvalue weighted by molar-refractivity contribution is 6.02. The van der Waals surface area contributed by atoms with Crippen LogP contribution in [0.2, 0.25) is 0 Å². The molecule has 132 valence electrons. The van der Waals surface area contributed by atoms with E-state index in [0.717, 1.165) is 0 Å². The van der Waals surface area contributed by atoms with E-state index < -0.39 is 24.5 Å². The van der Waals surface area contributed by atoms with E-state index in [1.807, 2.05) is 0 Å². The molecule has 25 heavy (non-hydrogen) atoms. The number of aryl methyl sites for hydroxylation is 1. The average Bonchev–Trinajstić information content (AvgIpc) is 2.92. The molecule has 0 saturated carbocycles. The van der Waals surface area contributed by atoms with Crippen molar-refractivity contribution in [3.63, 3.8) is 0 Å². The number of nitrogens with one attached hydrogen (secondary N) is 1. The van der Waals surface area contributed by atoms with E-state index in [2.05, 4.69) is 15.0 Å². The summed E-state index contributed by atoms with van der Waals surface area (Å²) < 4.78 is 14.5. The van der Waals surface area contributed by atoms with Crippen LogP contribution in [-0.2, 0) is 14.3 Å². The van der Waals surface area contributed by atoms with E-state index in [9.17, 15) is 14.4 Å². The normalized spacial score (nSPS) is 10.2. The maximum Gasteiger partial charge on any atom is 0.346 e. The molecule has 1 aromatic carbocycles. The summed E-state index contributed by atoms with van der Waals surface area (Å²) in [5.74, 6) is -2.21. The van der Waals surface area contributed by atoms with Crippen LogP contribution in [0, 0.1) is 6.92 Å². The van der Waals surface area contributed by atoms with Gasteiger partial charge in [-0.15, -0.1) is 0 Å². The molecule has 2 rings (SSSR count). The molecule has 0 aliphatic rings. The van der Waals surface area contributed by atoms with E-state index in [1.54, 1.807) is 19.1 Å². The van der Waals surface area contributed by atoms with Gasteiger partial charge < -0.3 is 25.0 Å². The molecule has 0 spiro atoms. The van der Waals surface area contributed by atoms with Gasteiger partial charge in [-0.2, -0.15) is 0 Å². The Labute approximate surface area is 143 Å². The topological polar surface area (TPSA) is 134 Å². The number of aromatic nitrogens is 1. The number of amides is 1. The van der Waals surface area contributed by atoms with Crippen molar-refractivity contribution in [3.8, 4) is 0 Å². The van der Waals surface area contributed by atoms with Crippen molar-refractivity contribution in [1.29, 1.82) is 0 Å². The van der Waals surface area contributed by atoms with Crippen molar-refractivity contribution in [1.82, 2.24) is 5.16 Å². The first kappa shape index (κ1) is 18.0. The van der Waals surface area contributed by atoms with Gasteiger partial charge in [-0.25, -0.2) is 9.59 Å². The summed E-state index contributed by atoms with van der Waals surface area (Å²) in [5.41, 5.74) is 6.15. The number of nitrogens with two attached hydrogens (primary N) is 1. The minimum absolute atomic E-state index is 0.0280. The molecule has 0 saturated heterocycles. The zero-order valence-corrected chi connectivity index (χ0v) is 13.7. The summed E-state index contributed by atoms with van der Waals surface area (Å²) in [4.78, 5) is 35.7. The first-order valence-corrected chi connectivity index (χ1v) is 7.38. The molecule has 9 heteroatoms. The molecule has 0 fully saturated rings. The van der Waals surface area contributed by atoms with Crippen molar-refractivity contribution in [2.24, 2.45) is 0 Å². The van der Waals surface area contributed by atoms with E-state index in [-0.39, 0.29) is 35.0 Å². The maximum atomic E-state index is 12.0. The fourth-order valence-electron chi connectivity index (χ4n) is 2.00. The summed E-state index contributed by atoms with van der Waals surface area (Å²) in [6.07, 6.45) is 0. The van der Waals surface area contributed by atoms with Crippen molar-refractivity contribution in [3.05, 3.63) is 41.1 Å². The quantitative estimate of drug-likeness (QED) is 0.752. The Kier molecular flexibility index (Phi) is 5.72. The van der Waals surface area contributed by atoms with Gasteiger partial charge in [0.15, 0.2) is 6.61 Å². The van der Waals surface area contributed by atoms with E-state index >= 15 is 0 Å². The van der Waals surface area contributed by atoms with Gasteiger partial charge in [-0.3, -0.25) is 4.79 Å². The van der Waals surface area contributed by atoms with Crippen molar-refractivity contribution >= 4 is 29.4 Å². The fourth-order valence-corrected chi connectivity index (χ4v) is 2.00. The number of nitrogen functional groups attached to an aromatic ring is 1. The van der Waals surface area contributed by atoms with Crippen LogP contribution >= 0.6 is 0 Å². The summed E-state index contributed by atoms with van der Waals surface area (Å²) in [7, 11) is 0.